The average Bonchev–Trinajstić information content (AvgIpc) is 4.03. The zero-order chi connectivity index (χ0) is 51.5. The van der Waals surface area contributed by atoms with E-state index in [-0.39, 0.29) is 71.7 Å². The number of piperidine rings is 2. The van der Waals surface area contributed by atoms with Crippen LogP contribution in [0.3, 0.4) is 0 Å². The number of benzene rings is 3. The van der Waals surface area contributed by atoms with Gasteiger partial charge >= 0.3 is 0 Å². The molecule has 1 unspecified atom stereocenters. The van der Waals surface area contributed by atoms with Crippen molar-refractivity contribution < 1.29 is 47.1 Å². The Morgan fingerprint density at radius 1 is 0.865 bits per heavy atom. The second-order valence-corrected chi connectivity index (χ2v) is 19.5. The molecule has 0 spiro atoms. The first-order valence-electron chi connectivity index (χ1n) is 24.9. The smallest absolute Gasteiger partial charge is 0.266 e. The van der Waals surface area contributed by atoms with Gasteiger partial charge in [0.1, 0.15) is 17.5 Å². The second-order valence-electron chi connectivity index (χ2n) is 19.5. The van der Waals surface area contributed by atoms with Gasteiger partial charge in [0.05, 0.1) is 29.2 Å². The molecule has 2 fully saturated rings. The van der Waals surface area contributed by atoms with Gasteiger partial charge < -0.3 is 29.3 Å². The molecule has 11 rings (SSSR count). The molecule has 0 radical (unpaired) electrons. The van der Waals surface area contributed by atoms with Crippen LogP contribution in [0.15, 0.2) is 79.3 Å². The van der Waals surface area contributed by atoms with Crippen LogP contribution < -0.4 is 20.3 Å². The van der Waals surface area contributed by atoms with E-state index in [1.807, 2.05) is 39.5 Å². The lowest BCUT2D eigenvalue weighted by Gasteiger charge is -2.34. The predicted octanol–water partition coefficient (Wildman–Crippen LogP) is 7.14. The van der Waals surface area contributed by atoms with E-state index in [0.29, 0.717) is 86.7 Å². The molecule has 3 aromatic heterocycles. The largest absolute Gasteiger partial charge is 0.456 e. The van der Waals surface area contributed by atoms with E-state index in [1.165, 1.54) is 12.1 Å². The Morgan fingerprint density at radius 3 is 2.46 bits per heavy atom. The second kappa shape index (κ2) is 19.3. The van der Waals surface area contributed by atoms with Crippen LogP contribution in [0.2, 0.25) is 0 Å². The first-order chi connectivity index (χ1) is 35.7. The lowest BCUT2D eigenvalue weighted by molar-refractivity contribution is -0.136. The number of carbonyl (C=O) groups is 7. The molecule has 74 heavy (non-hydrogen) atoms. The molecule has 5 aliphatic rings. The van der Waals surface area contributed by atoms with Crippen molar-refractivity contribution >= 4 is 69.4 Å². The highest BCUT2D eigenvalue weighted by Crippen LogP contribution is 2.45. The summed E-state index contributed by atoms with van der Waals surface area (Å²) in [5, 5.41) is 11.1. The molecule has 7 amide bonds. The number of ether oxygens (including phenoxy) is 1. The molecule has 2 N–H and O–H groups in total. The summed E-state index contributed by atoms with van der Waals surface area (Å²) in [5.41, 5.74) is 5.94. The number of pyridine rings is 1. The Morgan fingerprint density at radius 2 is 1.68 bits per heavy atom. The van der Waals surface area contributed by atoms with Crippen LogP contribution in [0.5, 0.6) is 11.5 Å². The zero-order valence-corrected chi connectivity index (χ0v) is 40.7. The number of likely N-dealkylation sites (tertiary alicyclic amines) is 1. The monoisotopic (exact) mass is 1010 g/mol. The predicted molar refractivity (Wildman–Crippen MR) is 266 cm³/mol. The van der Waals surface area contributed by atoms with Crippen LogP contribution in [-0.4, -0.2) is 108 Å². The van der Waals surface area contributed by atoms with Gasteiger partial charge in [-0.1, -0.05) is 12.1 Å². The number of amides is 7. The van der Waals surface area contributed by atoms with Crippen LogP contribution in [-0.2, 0) is 50.4 Å². The third-order valence-corrected chi connectivity index (χ3v) is 15.0. The highest BCUT2D eigenvalue weighted by molar-refractivity contribution is 6.24. The number of hydrogen-bond donors (Lipinski definition) is 2. The van der Waals surface area contributed by atoms with E-state index >= 15 is 8.78 Å². The molecular formula is C54H52F2N10O8. The maximum absolute atomic E-state index is 15.1. The summed E-state index contributed by atoms with van der Waals surface area (Å²) < 4.78 is 40.3. The lowest BCUT2D eigenvalue weighted by atomic mass is 9.91. The van der Waals surface area contributed by atoms with Crippen LogP contribution in [0.25, 0.3) is 22.0 Å². The number of anilines is 3. The van der Waals surface area contributed by atoms with Crippen LogP contribution in [0.1, 0.15) is 107 Å². The molecule has 3 aromatic carbocycles. The van der Waals surface area contributed by atoms with Gasteiger partial charge in [-0.05, 0) is 85.7 Å². The topological polar surface area (TPSA) is 201 Å². The minimum absolute atomic E-state index is 0.0117. The number of nitrogens with one attached hydrogen (secondary N) is 2. The molecule has 20 heteroatoms. The van der Waals surface area contributed by atoms with Crippen LogP contribution in [0.4, 0.5) is 26.0 Å². The van der Waals surface area contributed by atoms with E-state index in [0.717, 1.165) is 39.0 Å². The zero-order valence-electron chi connectivity index (χ0n) is 40.7. The molecule has 5 aliphatic heterocycles. The number of aromatic nitrogens is 4. The van der Waals surface area contributed by atoms with Crippen LogP contribution >= 0.6 is 0 Å². The molecule has 380 valence electrons. The van der Waals surface area contributed by atoms with E-state index < -0.39 is 42.0 Å². The number of rotatable bonds is 11. The van der Waals surface area contributed by atoms with Gasteiger partial charge in [-0.25, -0.2) is 8.78 Å². The minimum Gasteiger partial charge on any atom is -0.456 e. The van der Waals surface area contributed by atoms with E-state index in [1.54, 1.807) is 65.5 Å². The van der Waals surface area contributed by atoms with Crippen molar-refractivity contribution in [1.29, 1.82) is 0 Å². The van der Waals surface area contributed by atoms with Gasteiger partial charge in [0.2, 0.25) is 29.5 Å². The molecule has 2 saturated heterocycles. The third kappa shape index (κ3) is 8.70. The van der Waals surface area contributed by atoms with Crippen molar-refractivity contribution in [3.63, 3.8) is 0 Å². The van der Waals surface area contributed by atoms with Gasteiger partial charge in [-0.2, -0.15) is 5.10 Å². The average molecular weight is 1010 g/mol. The summed E-state index contributed by atoms with van der Waals surface area (Å²) in [7, 11) is 1.89. The molecule has 0 aliphatic carbocycles. The van der Waals surface area contributed by atoms with Gasteiger partial charge in [0.15, 0.2) is 5.82 Å². The number of alkyl halides is 2. The van der Waals surface area contributed by atoms with Crippen molar-refractivity contribution in [1.82, 2.24) is 39.3 Å². The van der Waals surface area contributed by atoms with Crippen molar-refractivity contribution in [3.05, 3.63) is 113 Å². The Kier molecular flexibility index (Phi) is 12.5. The summed E-state index contributed by atoms with van der Waals surface area (Å²) in [4.78, 5) is 101. The van der Waals surface area contributed by atoms with Crippen molar-refractivity contribution in [2.75, 3.05) is 36.4 Å². The summed E-state index contributed by atoms with van der Waals surface area (Å²) in [5.74, 6) is -2.22. The molecule has 18 nitrogen and oxygen atoms in total. The Bertz CT molecular complexity index is 3340. The number of halogens is 2. The van der Waals surface area contributed by atoms with E-state index in [2.05, 4.69) is 15.6 Å². The number of nitrogens with zero attached hydrogens (tertiary/aromatic N) is 8. The summed E-state index contributed by atoms with van der Waals surface area (Å²) in [6.07, 6.45) is 5.66. The Balaban J connectivity index is 0.746. The molecule has 0 saturated carbocycles. The maximum Gasteiger partial charge on any atom is 0.266 e. The SMILES string of the molecule is CC(=O)N1CCc2c(c(N3CCCc4cc(-c5cn(C)c6ccncc56)c(C(F)F)cc43)nn2C2CCN(C(=O)CCC(=O)Nc3cccc(Oc4cccc5c4C(=O)N(C4CCC(=O)NC4=O)C5=O)c3)CC2)C1. The fourth-order valence-electron chi connectivity index (χ4n) is 11.2. The standard InChI is InChI=1S/C54H52F2N10O8/c1-30(67)63-23-18-42-40(29-63)51(64-20-5-6-31-24-36(37(50(55)56)26-44(31)64)39-28-61(2)41-15-19-57-27-38(39)41)60-66(42)33-16-21-62(22-17-33)48(70)14-13-46(68)58-32-7-3-8-34(25-32)74-45-10-4-9-35-49(45)54(73)65(53(35)72)43-11-12-47(69)59-52(43)71/h3-4,7-10,15,19,24-28,33,43,50H,5-6,11-14,16-18,20-23,29H2,1-2H3,(H,58,68)(H,59,69,71). The molecular weight excluding hydrogens is 955 g/mol. The van der Waals surface area contributed by atoms with Gasteiger partial charge in [-0.15, -0.1) is 0 Å². The maximum atomic E-state index is 15.1. The number of aryl methyl sites for hydroxylation is 2. The minimum atomic E-state index is -2.75. The Hall–Kier alpha value is -8.29. The van der Waals surface area contributed by atoms with Crippen molar-refractivity contribution in [2.24, 2.45) is 7.05 Å². The fraction of sp³-hybridized carbons (Fsp3) is 0.352. The highest BCUT2D eigenvalue weighted by atomic mass is 19.3. The third-order valence-electron chi connectivity index (χ3n) is 15.0. The van der Waals surface area contributed by atoms with E-state index in [9.17, 15) is 33.6 Å². The van der Waals surface area contributed by atoms with Crippen LogP contribution in [0, 0.1) is 0 Å². The lowest BCUT2D eigenvalue weighted by Crippen LogP contribution is -2.54. The number of hydrogen-bond acceptors (Lipinski definition) is 11. The number of fused-ring (bicyclic) bond motifs is 4. The van der Waals surface area contributed by atoms with Crippen molar-refractivity contribution in [3.8, 4) is 22.6 Å². The molecule has 6 aromatic rings. The number of imide groups is 2. The first kappa shape index (κ1) is 48.0. The van der Waals surface area contributed by atoms with Gasteiger partial charge in [-0.3, -0.25) is 53.4 Å². The quantitative estimate of drug-likeness (QED) is 0.125. The molecule has 8 heterocycles. The van der Waals surface area contributed by atoms with E-state index in [4.69, 9.17) is 9.84 Å². The molecule has 0 bridgehead atoms. The summed E-state index contributed by atoms with van der Waals surface area (Å²) in [6, 6.07) is 15.2. The summed E-state index contributed by atoms with van der Waals surface area (Å²) in [6.45, 7) is 3.84. The fourth-order valence-corrected chi connectivity index (χ4v) is 11.2. The first-order valence-corrected chi connectivity index (χ1v) is 24.9. The highest BCUT2D eigenvalue weighted by Gasteiger charge is 2.46. The van der Waals surface area contributed by atoms with Crippen molar-refractivity contribution in [2.45, 2.75) is 89.8 Å². The number of carbonyl (C=O) groups excluding carboxylic acids is 7. The molecule has 1 atom stereocenters. The summed E-state index contributed by atoms with van der Waals surface area (Å²) >= 11 is 0. The normalized spacial score (nSPS) is 17.9. The van der Waals surface area contributed by atoms with Gasteiger partial charge in [0.25, 0.3) is 18.2 Å². The van der Waals surface area contributed by atoms with Gasteiger partial charge in [0, 0.05) is 130 Å². The Labute approximate surface area is 423 Å².